The molecule has 0 N–H and O–H groups in total. The first-order valence-electron chi connectivity index (χ1n) is 7.30. The number of hydrogen-bond acceptors (Lipinski definition) is 5. The van der Waals surface area contributed by atoms with Crippen LogP contribution in [0.3, 0.4) is 0 Å². The molecule has 8 heteroatoms. The summed E-state index contributed by atoms with van der Waals surface area (Å²) >= 11 is 6.38. The Morgan fingerprint density at radius 2 is 2.18 bits per heavy atom. The second kappa shape index (κ2) is 5.98. The van der Waals surface area contributed by atoms with Crippen molar-refractivity contribution in [2.24, 2.45) is 14.1 Å². The Kier molecular flexibility index (Phi) is 4.20. The molecule has 0 bridgehead atoms. The van der Waals surface area contributed by atoms with E-state index in [9.17, 15) is 0 Å². The van der Waals surface area contributed by atoms with Crippen LogP contribution in [0.4, 0.5) is 0 Å². The molecule has 0 aliphatic carbocycles. The number of aromatic nitrogens is 5. The van der Waals surface area contributed by atoms with Gasteiger partial charge < -0.3 is 9.30 Å². The highest BCUT2D eigenvalue weighted by Crippen LogP contribution is 2.34. The zero-order valence-corrected chi connectivity index (χ0v) is 14.1. The van der Waals surface area contributed by atoms with E-state index in [4.69, 9.17) is 16.3 Å². The fourth-order valence-corrected chi connectivity index (χ4v) is 3.36. The van der Waals surface area contributed by atoms with Crippen LogP contribution in [-0.2, 0) is 25.4 Å². The SMILES string of the molecule is CO[C@@H]1C[C@@H](c2nncn2C)N(Cc2c(C)nn(C)c2Cl)C1. The monoisotopic (exact) mass is 324 g/mol. The lowest BCUT2D eigenvalue weighted by Crippen LogP contribution is -2.26. The highest BCUT2D eigenvalue weighted by molar-refractivity contribution is 6.30. The van der Waals surface area contributed by atoms with Gasteiger partial charge in [-0.3, -0.25) is 9.58 Å². The minimum Gasteiger partial charge on any atom is -0.380 e. The fraction of sp³-hybridized carbons (Fsp3) is 0.643. The lowest BCUT2D eigenvalue weighted by atomic mass is 10.1. The molecule has 2 aromatic heterocycles. The van der Waals surface area contributed by atoms with Crippen LogP contribution in [0.5, 0.6) is 0 Å². The maximum Gasteiger partial charge on any atom is 0.150 e. The molecule has 2 atom stereocenters. The summed E-state index contributed by atoms with van der Waals surface area (Å²) < 4.78 is 9.24. The predicted octanol–water partition coefficient (Wildman–Crippen LogP) is 1.47. The van der Waals surface area contributed by atoms with E-state index in [2.05, 4.69) is 20.2 Å². The molecular weight excluding hydrogens is 304 g/mol. The first kappa shape index (κ1) is 15.5. The molecule has 0 aromatic carbocycles. The minimum atomic E-state index is 0.174. The van der Waals surface area contributed by atoms with E-state index >= 15 is 0 Å². The lowest BCUT2D eigenvalue weighted by molar-refractivity contribution is 0.107. The zero-order chi connectivity index (χ0) is 15.9. The van der Waals surface area contributed by atoms with Gasteiger partial charge in [-0.25, -0.2) is 0 Å². The van der Waals surface area contributed by atoms with Crippen molar-refractivity contribution < 1.29 is 4.74 Å². The van der Waals surface area contributed by atoms with Crippen LogP contribution in [0.15, 0.2) is 6.33 Å². The minimum absolute atomic E-state index is 0.174. The molecule has 1 aliphatic heterocycles. The standard InChI is InChI=1S/C14H21ClN6O/c1-9-11(13(15)20(3)18-9)7-21-6-10(22-4)5-12(21)14-17-16-8-19(14)2/h8,10,12H,5-7H2,1-4H3/t10-,12+/m1/s1. The van der Waals surface area contributed by atoms with Crippen molar-refractivity contribution in [2.75, 3.05) is 13.7 Å². The van der Waals surface area contributed by atoms with Gasteiger partial charge in [-0.15, -0.1) is 10.2 Å². The average molecular weight is 325 g/mol. The van der Waals surface area contributed by atoms with Crippen LogP contribution in [0, 0.1) is 6.92 Å². The second-order valence-electron chi connectivity index (χ2n) is 5.82. The number of halogens is 1. The van der Waals surface area contributed by atoms with Crippen LogP contribution in [-0.4, -0.2) is 49.2 Å². The first-order valence-corrected chi connectivity index (χ1v) is 7.67. The summed E-state index contributed by atoms with van der Waals surface area (Å²) in [6.45, 7) is 3.57. The van der Waals surface area contributed by atoms with Gasteiger partial charge >= 0.3 is 0 Å². The van der Waals surface area contributed by atoms with Gasteiger partial charge in [0, 0.05) is 39.9 Å². The number of rotatable bonds is 4. The van der Waals surface area contributed by atoms with Crippen molar-refractivity contribution in [3.8, 4) is 0 Å². The van der Waals surface area contributed by atoms with E-state index in [1.54, 1.807) is 18.1 Å². The normalized spacial score (nSPS) is 22.6. The molecule has 3 rings (SSSR count). The van der Waals surface area contributed by atoms with Crippen LogP contribution >= 0.6 is 11.6 Å². The average Bonchev–Trinajstić information content (AvgIpc) is 3.14. The van der Waals surface area contributed by atoms with E-state index in [0.29, 0.717) is 5.15 Å². The van der Waals surface area contributed by atoms with Gasteiger partial charge in [0.25, 0.3) is 0 Å². The molecule has 0 unspecified atom stereocenters. The maximum absolute atomic E-state index is 6.38. The van der Waals surface area contributed by atoms with Crippen molar-refractivity contribution in [3.05, 3.63) is 28.6 Å². The van der Waals surface area contributed by atoms with Gasteiger partial charge in [0.05, 0.1) is 17.8 Å². The molecular formula is C14H21ClN6O. The van der Waals surface area contributed by atoms with Gasteiger partial charge in [-0.2, -0.15) is 5.10 Å². The third-order valence-corrected chi connectivity index (χ3v) is 4.85. The molecule has 0 saturated carbocycles. The van der Waals surface area contributed by atoms with Gasteiger partial charge in [-0.1, -0.05) is 11.6 Å². The van der Waals surface area contributed by atoms with Gasteiger partial charge in [0.1, 0.15) is 17.3 Å². The second-order valence-corrected chi connectivity index (χ2v) is 6.18. The van der Waals surface area contributed by atoms with Crippen molar-refractivity contribution >= 4 is 11.6 Å². The van der Waals surface area contributed by atoms with E-state index in [0.717, 1.165) is 36.6 Å². The number of hydrogen-bond donors (Lipinski definition) is 0. The smallest absolute Gasteiger partial charge is 0.150 e. The third kappa shape index (κ3) is 2.64. The molecule has 1 fully saturated rings. The first-order chi connectivity index (χ1) is 10.5. The zero-order valence-electron chi connectivity index (χ0n) is 13.3. The van der Waals surface area contributed by atoms with Gasteiger partial charge in [-0.05, 0) is 13.3 Å². The van der Waals surface area contributed by atoms with Crippen LogP contribution in [0.1, 0.15) is 29.5 Å². The van der Waals surface area contributed by atoms with Gasteiger partial charge in [0.2, 0.25) is 0 Å². The molecule has 0 radical (unpaired) electrons. The van der Waals surface area contributed by atoms with Crippen molar-refractivity contribution in [2.45, 2.75) is 32.0 Å². The summed E-state index contributed by atoms with van der Waals surface area (Å²) in [5, 5.41) is 13.4. The number of methoxy groups -OCH3 is 1. The Balaban J connectivity index is 1.88. The topological polar surface area (TPSA) is 61.0 Å². The van der Waals surface area contributed by atoms with Crippen molar-refractivity contribution in [1.82, 2.24) is 29.4 Å². The molecule has 7 nitrogen and oxygen atoms in total. The van der Waals surface area contributed by atoms with Crippen LogP contribution in [0.25, 0.3) is 0 Å². The highest BCUT2D eigenvalue weighted by atomic mass is 35.5. The Hall–Kier alpha value is -1.44. The van der Waals surface area contributed by atoms with Gasteiger partial charge in [0.15, 0.2) is 0 Å². The molecule has 0 spiro atoms. The molecule has 1 aliphatic rings. The molecule has 0 amide bonds. The summed E-state index contributed by atoms with van der Waals surface area (Å²) in [7, 11) is 5.58. The Bertz CT molecular complexity index is 666. The van der Waals surface area contributed by atoms with Crippen LogP contribution < -0.4 is 0 Å². The summed E-state index contributed by atoms with van der Waals surface area (Å²) in [5.74, 6) is 0.956. The largest absolute Gasteiger partial charge is 0.380 e. The molecule has 22 heavy (non-hydrogen) atoms. The number of likely N-dealkylation sites (tertiary alicyclic amines) is 1. The Morgan fingerprint density at radius 1 is 1.41 bits per heavy atom. The number of aryl methyl sites for hydroxylation is 3. The predicted molar refractivity (Wildman–Crippen MR) is 82.5 cm³/mol. The van der Waals surface area contributed by atoms with E-state index in [-0.39, 0.29) is 12.1 Å². The number of nitrogens with zero attached hydrogens (tertiary/aromatic N) is 6. The summed E-state index contributed by atoms with van der Waals surface area (Å²) in [5.41, 5.74) is 2.03. The lowest BCUT2D eigenvalue weighted by Gasteiger charge is -2.23. The van der Waals surface area contributed by atoms with E-state index in [1.807, 2.05) is 25.6 Å². The van der Waals surface area contributed by atoms with E-state index < -0.39 is 0 Å². The molecule has 1 saturated heterocycles. The summed E-state index contributed by atoms with van der Waals surface area (Å²) in [4.78, 5) is 2.34. The van der Waals surface area contributed by atoms with Crippen LogP contribution in [0.2, 0.25) is 5.15 Å². The Morgan fingerprint density at radius 3 is 2.73 bits per heavy atom. The highest BCUT2D eigenvalue weighted by Gasteiger charge is 2.36. The summed E-state index contributed by atoms with van der Waals surface area (Å²) in [6.07, 6.45) is 2.83. The number of ether oxygens (including phenoxy) is 1. The summed E-state index contributed by atoms with van der Waals surface area (Å²) in [6, 6.07) is 0.174. The quantitative estimate of drug-likeness (QED) is 0.852. The fourth-order valence-electron chi connectivity index (χ4n) is 3.13. The Labute approximate surface area is 134 Å². The molecule has 120 valence electrons. The van der Waals surface area contributed by atoms with E-state index in [1.165, 1.54) is 0 Å². The third-order valence-electron chi connectivity index (χ3n) is 4.37. The van der Waals surface area contributed by atoms with Crippen molar-refractivity contribution in [3.63, 3.8) is 0 Å². The van der Waals surface area contributed by atoms with Crippen molar-refractivity contribution in [1.29, 1.82) is 0 Å². The molecule has 2 aromatic rings. The molecule has 3 heterocycles. The maximum atomic E-state index is 6.38.